The standard InChI is InChI=1S/C21H18N2O3S/c1-15(24)16-2-5-20(6-3-16)27(25,26)23-13-10-19-14-18(4-7-21(19)23)17-8-11-22-12-9-17/h2-9,11-12,14H,10,13H2,1H3. The van der Waals surface area contributed by atoms with E-state index in [1.807, 2.05) is 30.3 Å². The molecule has 0 bridgehead atoms. The number of carbonyl (C=O) groups is 1. The van der Waals surface area contributed by atoms with Crippen molar-refractivity contribution in [2.45, 2.75) is 18.2 Å². The van der Waals surface area contributed by atoms with Gasteiger partial charge in [-0.2, -0.15) is 0 Å². The Hall–Kier alpha value is -2.99. The summed E-state index contributed by atoms with van der Waals surface area (Å²) in [6.45, 7) is 1.87. The molecule has 136 valence electrons. The number of aromatic nitrogens is 1. The first-order valence-electron chi connectivity index (χ1n) is 8.64. The van der Waals surface area contributed by atoms with Gasteiger partial charge in [0.2, 0.25) is 0 Å². The largest absolute Gasteiger partial charge is 0.295 e. The second-order valence-corrected chi connectivity index (χ2v) is 8.35. The number of nitrogens with zero attached hydrogens (tertiary/aromatic N) is 2. The number of carbonyl (C=O) groups excluding carboxylic acids is 1. The summed E-state index contributed by atoms with van der Waals surface area (Å²) in [5.41, 5.74) is 4.31. The Morgan fingerprint density at radius 1 is 0.963 bits per heavy atom. The van der Waals surface area contributed by atoms with Gasteiger partial charge in [-0.05, 0) is 66.4 Å². The highest BCUT2D eigenvalue weighted by Gasteiger charge is 2.31. The highest BCUT2D eigenvalue weighted by molar-refractivity contribution is 7.92. The van der Waals surface area contributed by atoms with Crippen molar-refractivity contribution in [2.24, 2.45) is 0 Å². The van der Waals surface area contributed by atoms with Crippen molar-refractivity contribution >= 4 is 21.5 Å². The third-order valence-electron chi connectivity index (χ3n) is 4.79. The molecule has 1 aliphatic heterocycles. The molecule has 27 heavy (non-hydrogen) atoms. The van der Waals surface area contributed by atoms with Crippen LogP contribution in [-0.4, -0.2) is 25.7 Å². The number of ketones is 1. The molecular weight excluding hydrogens is 360 g/mol. The van der Waals surface area contributed by atoms with Crippen LogP contribution in [0.5, 0.6) is 0 Å². The number of rotatable bonds is 4. The van der Waals surface area contributed by atoms with Crippen molar-refractivity contribution in [2.75, 3.05) is 10.8 Å². The summed E-state index contributed by atoms with van der Waals surface area (Å²) < 4.78 is 27.6. The van der Waals surface area contributed by atoms with E-state index in [-0.39, 0.29) is 10.7 Å². The van der Waals surface area contributed by atoms with E-state index < -0.39 is 10.0 Å². The predicted octanol–water partition coefficient (Wildman–Crippen LogP) is 3.70. The maximum Gasteiger partial charge on any atom is 0.264 e. The summed E-state index contributed by atoms with van der Waals surface area (Å²) >= 11 is 0. The number of Topliss-reactive ketones (excluding diaryl/α,β-unsaturated/α-hetero) is 1. The lowest BCUT2D eigenvalue weighted by Crippen LogP contribution is -2.29. The van der Waals surface area contributed by atoms with Crippen LogP contribution in [0.25, 0.3) is 11.1 Å². The Morgan fingerprint density at radius 3 is 2.33 bits per heavy atom. The summed E-state index contributed by atoms with van der Waals surface area (Å²) in [4.78, 5) is 15.6. The normalized spacial score (nSPS) is 13.4. The first kappa shape index (κ1) is 17.4. The molecule has 0 amide bonds. The molecular formula is C21H18N2O3S. The van der Waals surface area contributed by atoms with Crippen LogP contribution in [-0.2, 0) is 16.4 Å². The Kier molecular flexibility index (Phi) is 4.28. The van der Waals surface area contributed by atoms with Crippen molar-refractivity contribution in [1.82, 2.24) is 4.98 Å². The number of pyridine rings is 1. The van der Waals surface area contributed by atoms with E-state index in [2.05, 4.69) is 4.98 Å². The molecule has 4 rings (SSSR count). The summed E-state index contributed by atoms with van der Waals surface area (Å²) in [7, 11) is -3.66. The average molecular weight is 378 g/mol. The van der Waals surface area contributed by atoms with Crippen LogP contribution >= 0.6 is 0 Å². The van der Waals surface area contributed by atoms with Gasteiger partial charge in [0.15, 0.2) is 5.78 Å². The van der Waals surface area contributed by atoms with Crippen molar-refractivity contribution < 1.29 is 13.2 Å². The summed E-state index contributed by atoms with van der Waals surface area (Å²) in [5, 5.41) is 0. The third kappa shape index (κ3) is 3.13. The van der Waals surface area contributed by atoms with E-state index in [4.69, 9.17) is 0 Å². The Balaban J connectivity index is 1.68. The molecule has 0 spiro atoms. The van der Waals surface area contributed by atoms with Crippen molar-refractivity contribution in [3.8, 4) is 11.1 Å². The van der Waals surface area contributed by atoms with Gasteiger partial charge in [0, 0.05) is 24.5 Å². The number of benzene rings is 2. The molecule has 0 atom stereocenters. The van der Waals surface area contributed by atoms with Gasteiger partial charge in [-0.3, -0.25) is 14.1 Å². The number of hydrogen-bond acceptors (Lipinski definition) is 4. The molecule has 1 aliphatic rings. The molecule has 0 radical (unpaired) electrons. The van der Waals surface area contributed by atoms with Crippen LogP contribution in [0.2, 0.25) is 0 Å². The van der Waals surface area contributed by atoms with Crippen LogP contribution < -0.4 is 4.31 Å². The van der Waals surface area contributed by atoms with E-state index in [1.54, 1.807) is 24.5 Å². The molecule has 0 saturated carbocycles. The minimum atomic E-state index is -3.66. The highest BCUT2D eigenvalue weighted by atomic mass is 32.2. The number of fused-ring (bicyclic) bond motifs is 1. The highest BCUT2D eigenvalue weighted by Crippen LogP contribution is 2.35. The van der Waals surface area contributed by atoms with E-state index in [0.717, 1.165) is 16.7 Å². The molecule has 0 unspecified atom stereocenters. The summed E-state index contributed by atoms with van der Waals surface area (Å²) in [6.07, 6.45) is 4.15. The molecule has 1 aromatic heterocycles. The minimum absolute atomic E-state index is 0.0888. The Bertz CT molecular complexity index is 1110. The fourth-order valence-electron chi connectivity index (χ4n) is 3.33. The van der Waals surface area contributed by atoms with Gasteiger partial charge in [0.25, 0.3) is 10.0 Å². The first-order chi connectivity index (χ1) is 13.0. The van der Waals surface area contributed by atoms with Crippen LogP contribution in [0.3, 0.4) is 0 Å². The second kappa shape index (κ2) is 6.63. The number of hydrogen-bond donors (Lipinski definition) is 0. The lowest BCUT2D eigenvalue weighted by Gasteiger charge is -2.20. The maximum atomic E-state index is 13.1. The van der Waals surface area contributed by atoms with Gasteiger partial charge in [0.05, 0.1) is 10.6 Å². The van der Waals surface area contributed by atoms with Gasteiger partial charge in [-0.25, -0.2) is 8.42 Å². The number of sulfonamides is 1. The molecule has 2 heterocycles. The fraction of sp³-hybridized carbons (Fsp3) is 0.143. The zero-order valence-corrected chi connectivity index (χ0v) is 15.6. The topological polar surface area (TPSA) is 67.3 Å². The zero-order valence-electron chi connectivity index (χ0n) is 14.8. The Labute approximate surface area is 158 Å². The van der Waals surface area contributed by atoms with Crippen molar-refractivity contribution in [1.29, 1.82) is 0 Å². The molecule has 0 fully saturated rings. The van der Waals surface area contributed by atoms with Gasteiger partial charge >= 0.3 is 0 Å². The fourth-order valence-corrected chi connectivity index (χ4v) is 4.84. The van der Waals surface area contributed by atoms with Crippen LogP contribution in [0.4, 0.5) is 5.69 Å². The average Bonchev–Trinajstić information content (AvgIpc) is 3.13. The van der Waals surface area contributed by atoms with E-state index in [1.165, 1.54) is 23.4 Å². The van der Waals surface area contributed by atoms with Crippen molar-refractivity contribution in [3.05, 3.63) is 78.1 Å². The van der Waals surface area contributed by atoms with E-state index in [9.17, 15) is 13.2 Å². The molecule has 2 aromatic carbocycles. The van der Waals surface area contributed by atoms with Crippen LogP contribution in [0.15, 0.2) is 71.9 Å². The monoisotopic (exact) mass is 378 g/mol. The third-order valence-corrected chi connectivity index (χ3v) is 6.62. The number of anilines is 1. The summed E-state index contributed by atoms with van der Waals surface area (Å²) in [5.74, 6) is -0.0888. The quantitative estimate of drug-likeness (QED) is 0.649. The van der Waals surface area contributed by atoms with Crippen LogP contribution in [0, 0.1) is 0 Å². The van der Waals surface area contributed by atoms with Gasteiger partial charge in [-0.15, -0.1) is 0 Å². The zero-order chi connectivity index (χ0) is 19.0. The lowest BCUT2D eigenvalue weighted by atomic mass is 10.0. The molecule has 0 aliphatic carbocycles. The van der Waals surface area contributed by atoms with Gasteiger partial charge in [0.1, 0.15) is 0 Å². The molecule has 3 aromatic rings. The smallest absolute Gasteiger partial charge is 0.264 e. The van der Waals surface area contributed by atoms with Crippen LogP contribution in [0.1, 0.15) is 22.8 Å². The molecule has 6 heteroatoms. The van der Waals surface area contributed by atoms with Gasteiger partial charge in [-0.1, -0.05) is 18.2 Å². The maximum absolute atomic E-state index is 13.1. The molecule has 0 saturated heterocycles. The van der Waals surface area contributed by atoms with E-state index in [0.29, 0.717) is 24.2 Å². The predicted molar refractivity (Wildman–Crippen MR) is 104 cm³/mol. The van der Waals surface area contributed by atoms with Crippen molar-refractivity contribution in [3.63, 3.8) is 0 Å². The van der Waals surface area contributed by atoms with Gasteiger partial charge < -0.3 is 0 Å². The molecule has 5 nitrogen and oxygen atoms in total. The lowest BCUT2D eigenvalue weighted by molar-refractivity contribution is 0.101. The summed E-state index contributed by atoms with van der Waals surface area (Å²) in [6, 6.07) is 15.8. The molecule has 0 N–H and O–H groups in total. The van der Waals surface area contributed by atoms with E-state index >= 15 is 0 Å². The Morgan fingerprint density at radius 2 is 1.67 bits per heavy atom. The minimum Gasteiger partial charge on any atom is -0.295 e. The SMILES string of the molecule is CC(=O)c1ccc(S(=O)(=O)N2CCc3cc(-c4ccncc4)ccc32)cc1. The first-order valence-corrected chi connectivity index (χ1v) is 10.1. The second-order valence-electron chi connectivity index (χ2n) is 6.49.